The topological polar surface area (TPSA) is 167 Å². The van der Waals surface area contributed by atoms with Gasteiger partial charge in [0.1, 0.15) is 35.9 Å². The molecule has 11 nitrogen and oxygen atoms in total. The number of amides is 1. The van der Waals surface area contributed by atoms with Crippen molar-refractivity contribution in [3.8, 4) is 0 Å². The van der Waals surface area contributed by atoms with Crippen LogP contribution in [-0.4, -0.2) is 101 Å². The Morgan fingerprint density at radius 3 is 2.28 bits per heavy atom. The van der Waals surface area contributed by atoms with E-state index in [1.807, 2.05) is 13.8 Å². The highest BCUT2D eigenvalue weighted by Crippen LogP contribution is 2.23. The highest BCUT2D eigenvalue weighted by molar-refractivity contribution is 5.81. The molecular formula is C28H49N3O8. The van der Waals surface area contributed by atoms with Gasteiger partial charge in [0.15, 0.2) is 6.29 Å². The molecular weight excluding hydrogens is 506 g/mol. The number of nitrogens with one attached hydrogen (secondary N) is 2. The number of ether oxygens (including phenoxy) is 2. The summed E-state index contributed by atoms with van der Waals surface area (Å²) in [6.07, 6.45) is 2.31. The van der Waals surface area contributed by atoms with Gasteiger partial charge in [-0.25, -0.2) is 0 Å². The number of Topliss-reactive ketones (excluding diaryl/α,β-unsaturated/α-hetero) is 2. The number of ketones is 2. The van der Waals surface area contributed by atoms with Crippen LogP contribution in [-0.2, 0) is 23.9 Å². The van der Waals surface area contributed by atoms with Gasteiger partial charge >= 0.3 is 0 Å². The zero-order chi connectivity index (χ0) is 28.8. The lowest BCUT2D eigenvalue weighted by atomic mass is 9.89. The number of aliphatic hydroxyl groups excluding tert-OH is 3. The van der Waals surface area contributed by atoms with Crippen molar-refractivity contribution in [1.29, 1.82) is 0 Å². The molecule has 7 unspecified atom stereocenters. The Labute approximate surface area is 232 Å². The molecule has 2 aliphatic heterocycles. The molecule has 39 heavy (non-hydrogen) atoms. The van der Waals surface area contributed by atoms with E-state index in [-0.39, 0.29) is 18.3 Å². The molecule has 0 radical (unpaired) electrons. The third kappa shape index (κ3) is 12.1. The first-order valence-corrected chi connectivity index (χ1v) is 14.4. The molecule has 0 aliphatic carbocycles. The van der Waals surface area contributed by atoms with Gasteiger partial charge in [0, 0.05) is 57.0 Å². The molecule has 11 heteroatoms. The number of hydrogen-bond acceptors (Lipinski definition) is 10. The molecule has 2 aliphatic rings. The number of aliphatic hydroxyl groups is 3. The van der Waals surface area contributed by atoms with Crippen molar-refractivity contribution in [2.75, 3.05) is 26.3 Å². The Morgan fingerprint density at radius 2 is 1.67 bits per heavy atom. The number of rotatable bonds is 17. The summed E-state index contributed by atoms with van der Waals surface area (Å²) in [5.74, 6) is 0.177. The largest absolute Gasteiger partial charge is 0.394 e. The van der Waals surface area contributed by atoms with Crippen LogP contribution >= 0.6 is 0 Å². The van der Waals surface area contributed by atoms with Gasteiger partial charge in [-0.15, -0.1) is 0 Å². The summed E-state index contributed by atoms with van der Waals surface area (Å²) >= 11 is 0. The summed E-state index contributed by atoms with van der Waals surface area (Å²) in [4.78, 5) is 40.7. The van der Waals surface area contributed by atoms with Crippen molar-refractivity contribution < 1.29 is 39.2 Å². The van der Waals surface area contributed by atoms with Crippen LogP contribution in [0.4, 0.5) is 0 Å². The smallest absolute Gasteiger partial charge is 0.217 e. The first-order valence-electron chi connectivity index (χ1n) is 14.4. The fraction of sp³-hybridized carbons (Fsp3) is 0.857. The zero-order valence-corrected chi connectivity index (χ0v) is 23.8. The van der Waals surface area contributed by atoms with Crippen molar-refractivity contribution in [3.05, 3.63) is 0 Å². The maximum absolute atomic E-state index is 12.5. The normalized spacial score (nSPS) is 29.0. The van der Waals surface area contributed by atoms with Gasteiger partial charge < -0.3 is 35.4 Å². The second kappa shape index (κ2) is 17.8. The predicted octanol–water partition coefficient (Wildman–Crippen LogP) is 1.05. The van der Waals surface area contributed by atoms with E-state index in [0.717, 1.165) is 50.9 Å². The molecule has 0 aromatic carbocycles. The molecule has 2 fully saturated rings. The molecule has 0 spiro atoms. The van der Waals surface area contributed by atoms with Crippen molar-refractivity contribution in [2.45, 2.75) is 122 Å². The summed E-state index contributed by atoms with van der Waals surface area (Å²) in [6.45, 7) is 6.52. The lowest BCUT2D eigenvalue weighted by Gasteiger charge is -2.42. The van der Waals surface area contributed by atoms with Crippen LogP contribution < -0.4 is 10.6 Å². The molecule has 2 heterocycles. The standard InChI is InChI=1S/C28H49N3O8/c1-18(2)29-16-21-13-12-20(15-30-21)23(35)11-6-4-5-9-22(34)10-7-8-14-38-28-25(31-19(3)33)27(37)26(36)24(17-32)39-28/h20-21,24-28,30,32,36-37H,4-17H2,1-3H3,(H,31,33). The SMILES string of the molecule is CC(=O)NC1C(OCCCCC(=O)CCCCCC(=O)C2CCC(CN=C(C)C)NC2)OC(CO)C(O)C1O. The summed E-state index contributed by atoms with van der Waals surface area (Å²) in [5.41, 5.74) is 1.08. The number of nitrogens with zero attached hydrogens (tertiary/aromatic N) is 1. The maximum atomic E-state index is 12.5. The Balaban J connectivity index is 1.54. The monoisotopic (exact) mass is 555 g/mol. The van der Waals surface area contributed by atoms with E-state index in [0.29, 0.717) is 43.9 Å². The van der Waals surface area contributed by atoms with E-state index >= 15 is 0 Å². The van der Waals surface area contributed by atoms with E-state index < -0.39 is 43.2 Å². The van der Waals surface area contributed by atoms with Crippen LogP contribution in [0.5, 0.6) is 0 Å². The minimum absolute atomic E-state index is 0.0900. The number of unbranched alkanes of at least 4 members (excludes halogenated alkanes) is 3. The Hall–Kier alpha value is -1.76. The van der Waals surface area contributed by atoms with Crippen LogP contribution in [0, 0.1) is 5.92 Å². The average Bonchev–Trinajstić information content (AvgIpc) is 2.90. The van der Waals surface area contributed by atoms with Crippen molar-refractivity contribution in [3.63, 3.8) is 0 Å². The minimum Gasteiger partial charge on any atom is -0.394 e. The van der Waals surface area contributed by atoms with E-state index in [1.165, 1.54) is 6.92 Å². The number of aliphatic imine (C=N–C) groups is 1. The van der Waals surface area contributed by atoms with E-state index in [4.69, 9.17) is 9.47 Å². The highest BCUT2D eigenvalue weighted by atomic mass is 16.7. The summed E-state index contributed by atoms with van der Waals surface area (Å²) < 4.78 is 11.2. The molecule has 2 rings (SSSR count). The van der Waals surface area contributed by atoms with Crippen LogP contribution in [0.2, 0.25) is 0 Å². The molecule has 224 valence electrons. The van der Waals surface area contributed by atoms with Crippen LogP contribution in [0.25, 0.3) is 0 Å². The van der Waals surface area contributed by atoms with Gasteiger partial charge in [-0.1, -0.05) is 6.42 Å². The van der Waals surface area contributed by atoms with E-state index in [9.17, 15) is 29.7 Å². The zero-order valence-electron chi connectivity index (χ0n) is 23.8. The quantitative estimate of drug-likeness (QED) is 0.130. The maximum Gasteiger partial charge on any atom is 0.217 e. The van der Waals surface area contributed by atoms with Crippen LogP contribution in [0.3, 0.4) is 0 Å². The van der Waals surface area contributed by atoms with Gasteiger partial charge in [0.05, 0.1) is 13.2 Å². The number of carbonyl (C=O) groups excluding carboxylic acids is 3. The van der Waals surface area contributed by atoms with Crippen molar-refractivity contribution in [1.82, 2.24) is 10.6 Å². The highest BCUT2D eigenvalue weighted by Gasteiger charge is 2.45. The van der Waals surface area contributed by atoms with Gasteiger partial charge in [0.2, 0.25) is 5.91 Å². The van der Waals surface area contributed by atoms with E-state index in [1.54, 1.807) is 0 Å². The fourth-order valence-electron chi connectivity index (χ4n) is 5.00. The van der Waals surface area contributed by atoms with Gasteiger partial charge in [-0.05, 0) is 52.4 Å². The molecule has 0 saturated carbocycles. The third-order valence-electron chi connectivity index (χ3n) is 7.36. The molecule has 2 saturated heterocycles. The first-order chi connectivity index (χ1) is 18.6. The van der Waals surface area contributed by atoms with Crippen LogP contribution in [0.1, 0.15) is 85.0 Å². The Kier molecular flexibility index (Phi) is 15.3. The summed E-state index contributed by atoms with van der Waals surface area (Å²) in [7, 11) is 0. The minimum atomic E-state index is -1.35. The summed E-state index contributed by atoms with van der Waals surface area (Å²) in [6, 6.07) is -0.603. The molecule has 5 N–H and O–H groups in total. The van der Waals surface area contributed by atoms with Gasteiger partial charge in [-0.3, -0.25) is 19.4 Å². The second-order valence-electron chi connectivity index (χ2n) is 11.0. The van der Waals surface area contributed by atoms with Crippen molar-refractivity contribution in [2.24, 2.45) is 10.9 Å². The van der Waals surface area contributed by atoms with Gasteiger partial charge in [-0.2, -0.15) is 0 Å². The average molecular weight is 556 g/mol. The molecule has 0 bridgehead atoms. The fourth-order valence-corrected chi connectivity index (χ4v) is 5.00. The molecule has 0 aromatic heterocycles. The third-order valence-corrected chi connectivity index (χ3v) is 7.36. The van der Waals surface area contributed by atoms with E-state index in [2.05, 4.69) is 15.6 Å². The predicted molar refractivity (Wildman–Crippen MR) is 146 cm³/mol. The lowest BCUT2D eigenvalue weighted by Crippen LogP contribution is -2.64. The second-order valence-corrected chi connectivity index (χ2v) is 11.0. The van der Waals surface area contributed by atoms with Crippen LogP contribution in [0.15, 0.2) is 4.99 Å². The number of piperidine rings is 1. The Morgan fingerprint density at radius 1 is 0.974 bits per heavy atom. The van der Waals surface area contributed by atoms with Gasteiger partial charge in [0.25, 0.3) is 0 Å². The molecule has 7 atom stereocenters. The lowest BCUT2D eigenvalue weighted by molar-refractivity contribution is -0.270. The van der Waals surface area contributed by atoms with Crippen molar-refractivity contribution >= 4 is 23.2 Å². The number of carbonyl (C=O) groups is 3. The molecule has 1 amide bonds. The number of hydrogen-bond donors (Lipinski definition) is 5. The molecule has 0 aromatic rings. The Bertz CT molecular complexity index is 796. The summed E-state index contributed by atoms with van der Waals surface area (Å²) in [5, 5.41) is 35.7. The first kappa shape index (κ1) is 33.4.